The van der Waals surface area contributed by atoms with Crippen molar-refractivity contribution < 1.29 is 4.42 Å². The van der Waals surface area contributed by atoms with Crippen LogP contribution in [0.15, 0.2) is 14.0 Å². The molecule has 114 valence electrons. The zero-order valence-electron chi connectivity index (χ0n) is 12.4. The Kier molecular flexibility index (Phi) is 3.41. The minimum atomic E-state index is -0.593. The molecule has 2 aromatic rings. The van der Waals surface area contributed by atoms with Crippen molar-refractivity contribution in [1.29, 1.82) is 5.26 Å². The van der Waals surface area contributed by atoms with Crippen LogP contribution in [0.25, 0.3) is 0 Å². The molecule has 0 unspecified atom stereocenters. The topological polar surface area (TPSA) is 107 Å². The number of aromatic nitrogens is 4. The van der Waals surface area contributed by atoms with Gasteiger partial charge in [-0.15, -0.1) is 10.2 Å². The molecular weight excluding hydrogens is 286 g/mol. The first kappa shape index (κ1) is 14.3. The summed E-state index contributed by atoms with van der Waals surface area (Å²) in [6.45, 7) is 4.21. The lowest BCUT2D eigenvalue weighted by Crippen LogP contribution is -2.42. The zero-order chi connectivity index (χ0) is 15.9. The molecule has 1 aliphatic heterocycles. The maximum absolute atomic E-state index is 12.4. The van der Waals surface area contributed by atoms with E-state index in [0.717, 1.165) is 11.0 Å². The summed E-state index contributed by atoms with van der Waals surface area (Å²) in [6, 6.07) is 1.91. The Morgan fingerprint density at radius 2 is 2.14 bits per heavy atom. The fourth-order valence-corrected chi connectivity index (χ4v) is 2.59. The van der Waals surface area contributed by atoms with Crippen LogP contribution in [0.2, 0.25) is 0 Å². The van der Waals surface area contributed by atoms with Gasteiger partial charge in [-0.1, -0.05) is 13.8 Å². The van der Waals surface area contributed by atoms with Crippen LogP contribution >= 0.6 is 0 Å². The summed E-state index contributed by atoms with van der Waals surface area (Å²) in [4.78, 5) is 24.8. The van der Waals surface area contributed by atoms with Crippen molar-refractivity contribution in [2.75, 3.05) is 0 Å². The molecule has 2 aromatic heterocycles. The summed E-state index contributed by atoms with van der Waals surface area (Å²) >= 11 is 0. The Hall–Kier alpha value is -2.69. The molecule has 0 atom stereocenters. The predicted molar refractivity (Wildman–Crippen MR) is 75.5 cm³/mol. The second-order valence-electron chi connectivity index (χ2n) is 5.55. The molecule has 8 nitrogen and oxygen atoms in total. The average Bonchev–Trinajstić information content (AvgIpc) is 3.13. The van der Waals surface area contributed by atoms with Gasteiger partial charge in [0, 0.05) is 18.2 Å². The number of fused-ring (bicyclic) bond motifs is 1. The maximum atomic E-state index is 12.4. The summed E-state index contributed by atoms with van der Waals surface area (Å²) in [5.74, 6) is 0.698. The van der Waals surface area contributed by atoms with Crippen molar-refractivity contribution in [1.82, 2.24) is 19.3 Å². The lowest BCUT2D eigenvalue weighted by molar-refractivity contribution is 0.414. The molecule has 1 aliphatic rings. The third kappa shape index (κ3) is 2.15. The summed E-state index contributed by atoms with van der Waals surface area (Å²) in [5.41, 5.74) is -0.464. The van der Waals surface area contributed by atoms with Gasteiger partial charge in [-0.3, -0.25) is 9.36 Å². The third-order valence-corrected chi connectivity index (χ3v) is 3.71. The van der Waals surface area contributed by atoms with Crippen LogP contribution in [0.4, 0.5) is 0 Å². The van der Waals surface area contributed by atoms with Crippen molar-refractivity contribution in [3.8, 4) is 6.07 Å². The molecule has 0 amide bonds. The molecule has 0 aliphatic carbocycles. The molecule has 8 heteroatoms. The molecule has 0 fully saturated rings. The first-order valence-corrected chi connectivity index (χ1v) is 7.11. The minimum Gasteiger partial charge on any atom is -0.423 e. The summed E-state index contributed by atoms with van der Waals surface area (Å²) < 4.78 is 7.92. The van der Waals surface area contributed by atoms with E-state index in [9.17, 15) is 14.9 Å². The van der Waals surface area contributed by atoms with Gasteiger partial charge in [0.15, 0.2) is 0 Å². The lowest BCUT2D eigenvalue weighted by atomic mass is 10.2. The molecule has 0 saturated carbocycles. The fourth-order valence-electron chi connectivity index (χ4n) is 2.59. The highest BCUT2D eigenvalue weighted by molar-refractivity contribution is 5.33. The highest BCUT2D eigenvalue weighted by Gasteiger charge is 2.23. The fraction of sp³-hybridized carbons (Fsp3) is 0.500. The van der Waals surface area contributed by atoms with Crippen LogP contribution in [-0.4, -0.2) is 19.3 Å². The smallest absolute Gasteiger partial charge is 0.331 e. The monoisotopic (exact) mass is 301 g/mol. The normalized spacial score (nSPS) is 13.4. The van der Waals surface area contributed by atoms with Gasteiger partial charge in [0.1, 0.15) is 18.2 Å². The molecule has 0 saturated heterocycles. The molecule has 3 heterocycles. The van der Waals surface area contributed by atoms with E-state index >= 15 is 0 Å². The van der Waals surface area contributed by atoms with Crippen LogP contribution < -0.4 is 11.2 Å². The van der Waals surface area contributed by atoms with Crippen LogP contribution in [0.5, 0.6) is 0 Å². The quantitative estimate of drug-likeness (QED) is 0.811. The minimum absolute atomic E-state index is 0.0284. The van der Waals surface area contributed by atoms with Gasteiger partial charge in [-0.25, -0.2) is 9.36 Å². The molecular formula is C14H15N5O3. The molecule has 3 rings (SSSR count). The molecule has 0 radical (unpaired) electrons. The average molecular weight is 301 g/mol. The highest BCUT2D eigenvalue weighted by Crippen LogP contribution is 2.14. The van der Waals surface area contributed by atoms with E-state index < -0.39 is 11.2 Å². The van der Waals surface area contributed by atoms with Gasteiger partial charge in [-0.2, -0.15) is 5.26 Å². The van der Waals surface area contributed by atoms with E-state index in [0.29, 0.717) is 24.6 Å². The molecule has 0 N–H and O–H groups in total. The number of nitrogens with zero attached hydrogens (tertiary/aromatic N) is 5. The molecule has 22 heavy (non-hydrogen) atoms. The Bertz CT molecular complexity index is 881. The third-order valence-electron chi connectivity index (χ3n) is 3.71. The van der Waals surface area contributed by atoms with Crippen LogP contribution in [-0.2, 0) is 19.5 Å². The van der Waals surface area contributed by atoms with Crippen molar-refractivity contribution >= 4 is 0 Å². The van der Waals surface area contributed by atoms with Gasteiger partial charge in [0.25, 0.3) is 5.56 Å². The van der Waals surface area contributed by atoms with Gasteiger partial charge < -0.3 is 4.42 Å². The lowest BCUT2D eigenvalue weighted by Gasteiger charge is -2.09. The Morgan fingerprint density at radius 3 is 2.77 bits per heavy atom. The van der Waals surface area contributed by atoms with Gasteiger partial charge in [-0.05, 0) is 12.8 Å². The Balaban J connectivity index is 2.10. The van der Waals surface area contributed by atoms with E-state index in [1.165, 1.54) is 4.57 Å². The maximum Gasteiger partial charge on any atom is 0.331 e. The van der Waals surface area contributed by atoms with Gasteiger partial charge in [0.2, 0.25) is 11.8 Å². The Morgan fingerprint density at radius 1 is 1.36 bits per heavy atom. The predicted octanol–water partition coefficient (Wildman–Crippen LogP) is 0.383. The number of nitriles is 1. The first-order chi connectivity index (χ1) is 10.5. The summed E-state index contributed by atoms with van der Waals surface area (Å²) in [5, 5.41) is 16.9. The number of hydrogen-bond donors (Lipinski definition) is 0. The van der Waals surface area contributed by atoms with E-state index in [1.807, 2.05) is 19.9 Å². The van der Waals surface area contributed by atoms with Crippen LogP contribution in [0.3, 0.4) is 0 Å². The largest absolute Gasteiger partial charge is 0.423 e. The molecule has 0 spiro atoms. The van der Waals surface area contributed by atoms with Crippen molar-refractivity contribution in [2.24, 2.45) is 0 Å². The second-order valence-corrected chi connectivity index (χ2v) is 5.55. The number of rotatable bonds is 3. The standard InChI is InChI=1S/C14H15N5O3/c1-8(2)12-17-16-11(22-12)7-19-13(20)9(6-15)10-4-3-5-18(10)14(19)21/h8H,3-5,7H2,1-2H3. The van der Waals surface area contributed by atoms with Gasteiger partial charge in [0.05, 0.1) is 0 Å². The van der Waals surface area contributed by atoms with E-state index in [-0.39, 0.29) is 23.9 Å². The van der Waals surface area contributed by atoms with Crippen molar-refractivity contribution in [3.05, 3.63) is 43.9 Å². The number of hydrogen-bond acceptors (Lipinski definition) is 6. The Labute approximate surface area is 125 Å². The summed E-state index contributed by atoms with van der Waals surface area (Å²) in [6.07, 6.45) is 1.33. The highest BCUT2D eigenvalue weighted by atomic mass is 16.4. The van der Waals surface area contributed by atoms with E-state index in [1.54, 1.807) is 0 Å². The first-order valence-electron chi connectivity index (χ1n) is 7.11. The van der Waals surface area contributed by atoms with Crippen LogP contribution in [0.1, 0.15) is 49.2 Å². The van der Waals surface area contributed by atoms with Crippen LogP contribution in [0, 0.1) is 11.3 Å². The summed E-state index contributed by atoms with van der Waals surface area (Å²) in [7, 11) is 0. The van der Waals surface area contributed by atoms with E-state index in [4.69, 9.17) is 4.42 Å². The zero-order valence-corrected chi connectivity index (χ0v) is 12.4. The van der Waals surface area contributed by atoms with Gasteiger partial charge >= 0.3 is 5.69 Å². The second kappa shape index (κ2) is 5.26. The van der Waals surface area contributed by atoms with Crippen molar-refractivity contribution in [2.45, 2.75) is 45.7 Å². The van der Waals surface area contributed by atoms with E-state index in [2.05, 4.69) is 10.2 Å². The SMILES string of the molecule is CC(C)c1nnc(Cn2c(=O)c(C#N)c3n(c2=O)CCC3)o1. The molecule has 0 bridgehead atoms. The van der Waals surface area contributed by atoms with Crippen molar-refractivity contribution in [3.63, 3.8) is 0 Å². The molecule has 0 aromatic carbocycles.